The van der Waals surface area contributed by atoms with E-state index in [2.05, 4.69) is 27.1 Å². The lowest BCUT2D eigenvalue weighted by Crippen LogP contribution is -2.14. The van der Waals surface area contributed by atoms with E-state index in [-0.39, 0.29) is 6.04 Å². The first-order valence-corrected chi connectivity index (χ1v) is 8.22. The Hall–Kier alpha value is -0.650. The smallest absolute Gasteiger partial charge is 0.0738 e. The largest absolute Gasteiger partial charge is 0.323 e. The molecule has 0 amide bonds. The van der Waals surface area contributed by atoms with E-state index in [1.165, 1.54) is 35.4 Å². The van der Waals surface area contributed by atoms with Gasteiger partial charge in [0.1, 0.15) is 0 Å². The molecule has 0 aliphatic heterocycles. The number of fused-ring (bicyclic) bond motifs is 1. The maximum absolute atomic E-state index is 6.38. The Labute approximate surface area is 125 Å². The fourth-order valence-corrected chi connectivity index (χ4v) is 4.50. The van der Waals surface area contributed by atoms with Crippen LogP contribution < -0.4 is 5.73 Å². The average molecular weight is 340 g/mol. The molecule has 1 aliphatic carbocycles. The molecule has 0 spiro atoms. The normalized spacial score (nSPS) is 15.8. The molecule has 1 aliphatic rings. The van der Waals surface area contributed by atoms with Crippen molar-refractivity contribution in [2.75, 3.05) is 0 Å². The zero-order chi connectivity index (χ0) is 13.6. The molecule has 2 aromatic heterocycles. The van der Waals surface area contributed by atoms with Gasteiger partial charge in [-0.25, -0.2) is 0 Å². The van der Waals surface area contributed by atoms with Gasteiger partial charge in [0.05, 0.1) is 15.9 Å². The lowest BCUT2D eigenvalue weighted by atomic mass is 10.1. The van der Waals surface area contributed by atoms with Crippen LogP contribution in [0.25, 0.3) is 0 Å². The van der Waals surface area contributed by atoms with Crippen molar-refractivity contribution in [2.24, 2.45) is 12.8 Å². The maximum Gasteiger partial charge on any atom is 0.0738 e. The monoisotopic (exact) mass is 339 g/mol. The van der Waals surface area contributed by atoms with Crippen LogP contribution >= 0.6 is 27.3 Å². The first-order valence-electron chi connectivity index (χ1n) is 6.61. The summed E-state index contributed by atoms with van der Waals surface area (Å²) in [5.41, 5.74) is 10.1. The topological polar surface area (TPSA) is 43.8 Å². The molecule has 0 radical (unpaired) electrons. The summed E-state index contributed by atoms with van der Waals surface area (Å²) in [5.74, 6) is 0. The second-order valence-corrected chi connectivity index (χ2v) is 7.19. The SMILES string of the molecule is Cc1nn(C)c(CC(N)c2cc3c(s2)CCC3)c1Br. The molecular weight excluding hydrogens is 322 g/mol. The summed E-state index contributed by atoms with van der Waals surface area (Å²) in [6.45, 7) is 2.01. The van der Waals surface area contributed by atoms with E-state index in [1.54, 1.807) is 4.88 Å². The highest BCUT2D eigenvalue weighted by Gasteiger charge is 2.20. The van der Waals surface area contributed by atoms with Gasteiger partial charge in [-0.3, -0.25) is 4.68 Å². The van der Waals surface area contributed by atoms with E-state index in [0.29, 0.717) is 0 Å². The number of rotatable bonds is 3. The highest BCUT2D eigenvalue weighted by atomic mass is 79.9. The van der Waals surface area contributed by atoms with Gasteiger partial charge < -0.3 is 5.73 Å². The van der Waals surface area contributed by atoms with Crippen molar-refractivity contribution >= 4 is 27.3 Å². The van der Waals surface area contributed by atoms with E-state index in [4.69, 9.17) is 5.73 Å². The first-order chi connectivity index (χ1) is 9.06. The van der Waals surface area contributed by atoms with Crippen LogP contribution in [0.15, 0.2) is 10.5 Å². The Bertz CT molecular complexity index is 593. The fourth-order valence-electron chi connectivity index (χ4n) is 2.75. The van der Waals surface area contributed by atoms with Gasteiger partial charge in [-0.2, -0.15) is 5.10 Å². The van der Waals surface area contributed by atoms with Crippen molar-refractivity contribution in [2.45, 2.75) is 38.6 Å². The summed E-state index contributed by atoms with van der Waals surface area (Å²) < 4.78 is 3.02. The molecule has 1 atom stereocenters. The van der Waals surface area contributed by atoms with Gasteiger partial charge in [-0.05, 0) is 53.7 Å². The van der Waals surface area contributed by atoms with E-state index in [1.807, 2.05) is 30.0 Å². The third kappa shape index (κ3) is 2.39. The molecule has 3 nitrogen and oxygen atoms in total. The quantitative estimate of drug-likeness (QED) is 0.932. The molecule has 0 saturated carbocycles. The Morgan fingerprint density at radius 3 is 2.95 bits per heavy atom. The standard InChI is InChI=1S/C14H18BrN3S/c1-8-14(15)11(18(2)17-8)7-10(16)13-6-9-4-3-5-12(9)19-13/h6,10H,3-5,7,16H2,1-2H3. The summed E-state index contributed by atoms with van der Waals surface area (Å²) in [4.78, 5) is 2.86. The van der Waals surface area contributed by atoms with Crippen LogP contribution in [-0.2, 0) is 26.3 Å². The summed E-state index contributed by atoms with van der Waals surface area (Å²) >= 11 is 5.51. The Balaban J connectivity index is 1.82. The predicted molar refractivity (Wildman–Crippen MR) is 82.6 cm³/mol. The minimum Gasteiger partial charge on any atom is -0.323 e. The molecular formula is C14H18BrN3S. The molecule has 2 N–H and O–H groups in total. The zero-order valence-corrected chi connectivity index (χ0v) is 13.6. The molecule has 102 valence electrons. The van der Waals surface area contributed by atoms with E-state index in [0.717, 1.165) is 16.6 Å². The van der Waals surface area contributed by atoms with Gasteiger partial charge in [0.2, 0.25) is 0 Å². The van der Waals surface area contributed by atoms with Gasteiger partial charge in [0.15, 0.2) is 0 Å². The molecule has 3 rings (SSSR count). The van der Waals surface area contributed by atoms with Crippen molar-refractivity contribution in [1.29, 1.82) is 0 Å². The van der Waals surface area contributed by atoms with Gasteiger partial charge in [-0.15, -0.1) is 11.3 Å². The van der Waals surface area contributed by atoms with E-state index >= 15 is 0 Å². The number of nitrogens with two attached hydrogens (primary N) is 1. The number of halogens is 1. The highest BCUT2D eigenvalue weighted by Crippen LogP contribution is 2.34. The van der Waals surface area contributed by atoms with Crippen LogP contribution in [0.1, 0.15) is 39.2 Å². The van der Waals surface area contributed by atoms with Crippen LogP contribution in [-0.4, -0.2) is 9.78 Å². The van der Waals surface area contributed by atoms with Crippen molar-refractivity contribution in [1.82, 2.24) is 9.78 Å². The molecule has 19 heavy (non-hydrogen) atoms. The van der Waals surface area contributed by atoms with Crippen LogP contribution in [0.5, 0.6) is 0 Å². The molecule has 0 bridgehead atoms. The number of hydrogen-bond acceptors (Lipinski definition) is 3. The molecule has 2 aromatic rings. The summed E-state index contributed by atoms with van der Waals surface area (Å²) in [6, 6.07) is 2.39. The second kappa shape index (κ2) is 5.04. The van der Waals surface area contributed by atoms with Crippen molar-refractivity contribution in [3.05, 3.63) is 37.2 Å². The number of aromatic nitrogens is 2. The van der Waals surface area contributed by atoms with E-state index < -0.39 is 0 Å². The van der Waals surface area contributed by atoms with E-state index in [9.17, 15) is 0 Å². The van der Waals surface area contributed by atoms with Crippen LogP contribution in [0.3, 0.4) is 0 Å². The van der Waals surface area contributed by atoms with Crippen LogP contribution in [0.4, 0.5) is 0 Å². The fraction of sp³-hybridized carbons (Fsp3) is 0.500. The minimum atomic E-state index is 0.0710. The zero-order valence-electron chi connectivity index (χ0n) is 11.2. The lowest BCUT2D eigenvalue weighted by molar-refractivity contribution is 0.644. The number of thiophene rings is 1. The molecule has 1 unspecified atom stereocenters. The Morgan fingerprint density at radius 2 is 2.32 bits per heavy atom. The third-order valence-corrected chi connectivity index (χ3v) is 6.21. The predicted octanol–water partition coefficient (Wildman–Crippen LogP) is 3.28. The number of hydrogen-bond donors (Lipinski definition) is 1. The first kappa shape index (κ1) is 13.3. The highest BCUT2D eigenvalue weighted by molar-refractivity contribution is 9.10. The van der Waals surface area contributed by atoms with Crippen LogP contribution in [0, 0.1) is 6.92 Å². The van der Waals surface area contributed by atoms with Crippen molar-refractivity contribution in [3.8, 4) is 0 Å². The number of nitrogens with zero attached hydrogens (tertiary/aromatic N) is 2. The van der Waals surface area contributed by atoms with Crippen molar-refractivity contribution < 1.29 is 0 Å². The third-order valence-electron chi connectivity index (χ3n) is 3.81. The maximum atomic E-state index is 6.38. The van der Waals surface area contributed by atoms with Crippen LogP contribution in [0.2, 0.25) is 0 Å². The molecule has 5 heteroatoms. The molecule has 0 aromatic carbocycles. The second-order valence-electron chi connectivity index (χ2n) is 5.23. The van der Waals surface area contributed by atoms with Gasteiger partial charge in [0.25, 0.3) is 0 Å². The van der Waals surface area contributed by atoms with Gasteiger partial charge in [-0.1, -0.05) is 0 Å². The summed E-state index contributed by atoms with van der Waals surface area (Å²) in [7, 11) is 1.98. The summed E-state index contributed by atoms with van der Waals surface area (Å²) in [6.07, 6.45) is 4.61. The minimum absolute atomic E-state index is 0.0710. The van der Waals surface area contributed by atoms with Crippen molar-refractivity contribution in [3.63, 3.8) is 0 Å². The number of aryl methyl sites for hydroxylation is 4. The Morgan fingerprint density at radius 1 is 1.53 bits per heavy atom. The van der Waals surface area contributed by atoms with Gasteiger partial charge in [0, 0.05) is 29.3 Å². The molecule has 0 fully saturated rings. The Kier molecular flexibility index (Phi) is 3.53. The van der Waals surface area contributed by atoms with Gasteiger partial charge >= 0.3 is 0 Å². The average Bonchev–Trinajstić information content (AvgIpc) is 2.99. The molecule has 2 heterocycles. The summed E-state index contributed by atoms with van der Waals surface area (Å²) in [5, 5.41) is 4.43. The lowest BCUT2D eigenvalue weighted by Gasteiger charge is -2.10. The molecule has 0 saturated heterocycles.